The van der Waals surface area contributed by atoms with Crippen LogP contribution in [0.1, 0.15) is 18.1 Å². The monoisotopic (exact) mass is 325 g/mol. The van der Waals surface area contributed by atoms with E-state index in [1.165, 1.54) is 11.9 Å². The molecule has 2 aromatic rings. The van der Waals surface area contributed by atoms with Crippen LogP contribution in [0.5, 0.6) is 0 Å². The Morgan fingerprint density at radius 3 is 2.78 bits per heavy atom. The number of hydrogen-bond acceptors (Lipinski definition) is 3. The molecule has 1 aromatic carbocycles. The van der Waals surface area contributed by atoms with Crippen molar-refractivity contribution in [3.8, 4) is 0 Å². The van der Waals surface area contributed by atoms with Crippen LogP contribution in [0, 0.1) is 0 Å². The number of halogens is 2. The molecule has 0 aliphatic carbocycles. The zero-order valence-electron chi connectivity index (χ0n) is 9.95. The predicted octanol–water partition coefficient (Wildman–Crippen LogP) is 4.07. The second kappa shape index (κ2) is 6.16. The van der Waals surface area contributed by atoms with E-state index in [-0.39, 0.29) is 0 Å². The Balaban J connectivity index is 2.16. The van der Waals surface area contributed by atoms with Gasteiger partial charge < -0.3 is 5.32 Å². The molecule has 0 atom stereocenters. The van der Waals surface area contributed by atoms with E-state index >= 15 is 0 Å². The normalized spacial score (nSPS) is 10.4. The summed E-state index contributed by atoms with van der Waals surface area (Å²) >= 11 is 9.56. The summed E-state index contributed by atoms with van der Waals surface area (Å²) in [6, 6.07) is 8.08. The lowest BCUT2D eigenvalue weighted by atomic mass is 10.2. The summed E-state index contributed by atoms with van der Waals surface area (Å²) in [5.74, 6) is 0.799. The van der Waals surface area contributed by atoms with Crippen molar-refractivity contribution in [2.45, 2.75) is 19.9 Å². The lowest BCUT2D eigenvalue weighted by molar-refractivity contribution is 1.01. The van der Waals surface area contributed by atoms with Gasteiger partial charge in [0.2, 0.25) is 0 Å². The molecule has 0 spiro atoms. The molecule has 0 aliphatic heterocycles. The molecule has 18 heavy (non-hydrogen) atoms. The molecule has 0 saturated heterocycles. The number of aromatic nitrogens is 2. The van der Waals surface area contributed by atoms with E-state index in [2.05, 4.69) is 37.3 Å². The quantitative estimate of drug-likeness (QED) is 0.861. The Labute approximate surface area is 120 Å². The van der Waals surface area contributed by atoms with E-state index in [1.807, 2.05) is 25.1 Å². The zero-order valence-corrected chi connectivity index (χ0v) is 12.3. The minimum Gasteiger partial charge on any atom is -0.366 e. The van der Waals surface area contributed by atoms with E-state index in [9.17, 15) is 0 Å². The maximum absolute atomic E-state index is 6.04. The van der Waals surface area contributed by atoms with Gasteiger partial charge in [0.05, 0.1) is 0 Å². The largest absolute Gasteiger partial charge is 0.366 e. The maximum Gasteiger partial charge on any atom is 0.137 e. The molecule has 0 aliphatic rings. The standard InChI is InChI=1S/C13H13BrClN3/c1-2-10-12(15)17-8-18-13(10)16-7-9-5-3-4-6-11(9)14/h3-6,8H,2,7H2,1H3,(H,16,17,18). The molecule has 0 fully saturated rings. The molecular weight excluding hydrogens is 314 g/mol. The van der Waals surface area contributed by atoms with Crippen molar-refractivity contribution in [1.29, 1.82) is 0 Å². The Hall–Kier alpha value is -1.13. The summed E-state index contributed by atoms with van der Waals surface area (Å²) in [5.41, 5.74) is 2.13. The average Bonchev–Trinajstić information content (AvgIpc) is 2.38. The van der Waals surface area contributed by atoms with Gasteiger partial charge in [-0.15, -0.1) is 0 Å². The van der Waals surface area contributed by atoms with Gasteiger partial charge in [0.1, 0.15) is 17.3 Å². The van der Waals surface area contributed by atoms with Gasteiger partial charge in [-0.05, 0) is 18.1 Å². The topological polar surface area (TPSA) is 37.8 Å². The van der Waals surface area contributed by atoms with E-state index < -0.39 is 0 Å². The van der Waals surface area contributed by atoms with Crippen molar-refractivity contribution in [3.05, 3.63) is 51.3 Å². The molecule has 0 bridgehead atoms. The van der Waals surface area contributed by atoms with Crippen LogP contribution in [-0.2, 0) is 13.0 Å². The van der Waals surface area contributed by atoms with Crippen LogP contribution in [0.15, 0.2) is 35.1 Å². The summed E-state index contributed by atoms with van der Waals surface area (Å²) in [7, 11) is 0. The second-order valence-corrected chi connectivity index (χ2v) is 5.00. The van der Waals surface area contributed by atoms with Crippen LogP contribution in [-0.4, -0.2) is 9.97 Å². The van der Waals surface area contributed by atoms with Crippen molar-refractivity contribution < 1.29 is 0 Å². The van der Waals surface area contributed by atoms with Crippen molar-refractivity contribution >= 4 is 33.3 Å². The molecule has 0 amide bonds. The lowest BCUT2D eigenvalue weighted by Gasteiger charge is -2.11. The fourth-order valence-corrected chi connectivity index (χ4v) is 2.37. The highest BCUT2D eigenvalue weighted by Crippen LogP contribution is 2.22. The Morgan fingerprint density at radius 1 is 1.28 bits per heavy atom. The third-order valence-corrected chi connectivity index (χ3v) is 3.75. The van der Waals surface area contributed by atoms with Crippen molar-refractivity contribution in [2.24, 2.45) is 0 Å². The second-order valence-electron chi connectivity index (χ2n) is 3.79. The van der Waals surface area contributed by atoms with Gasteiger partial charge in [-0.25, -0.2) is 9.97 Å². The Morgan fingerprint density at radius 2 is 2.06 bits per heavy atom. The number of benzene rings is 1. The van der Waals surface area contributed by atoms with Crippen molar-refractivity contribution in [2.75, 3.05) is 5.32 Å². The number of nitrogens with one attached hydrogen (secondary N) is 1. The molecule has 0 radical (unpaired) electrons. The van der Waals surface area contributed by atoms with Crippen LogP contribution < -0.4 is 5.32 Å². The highest BCUT2D eigenvalue weighted by Gasteiger charge is 2.08. The van der Waals surface area contributed by atoms with Crippen LogP contribution in [0.3, 0.4) is 0 Å². The molecule has 0 saturated carbocycles. The Kier molecular flexibility index (Phi) is 4.55. The molecule has 1 aromatic heterocycles. The number of hydrogen-bond donors (Lipinski definition) is 1. The molecule has 1 heterocycles. The van der Waals surface area contributed by atoms with Crippen molar-refractivity contribution in [1.82, 2.24) is 9.97 Å². The lowest BCUT2D eigenvalue weighted by Crippen LogP contribution is -2.06. The molecule has 3 nitrogen and oxygen atoms in total. The number of anilines is 1. The van der Waals surface area contributed by atoms with Crippen LogP contribution >= 0.6 is 27.5 Å². The van der Waals surface area contributed by atoms with Gasteiger partial charge in [0, 0.05) is 16.6 Å². The average molecular weight is 327 g/mol. The highest BCUT2D eigenvalue weighted by molar-refractivity contribution is 9.10. The minimum absolute atomic E-state index is 0.516. The van der Waals surface area contributed by atoms with Gasteiger partial charge in [-0.1, -0.05) is 52.7 Å². The first-order valence-corrected chi connectivity index (χ1v) is 6.86. The highest BCUT2D eigenvalue weighted by atomic mass is 79.9. The molecule has 2 rings (SSSR count). The fourth-order valence-electron chi connectivity index (χ4n) is 1.68. The van der Waals surface area contributed by atoms with Gasteiger partial charge in [-0.3, -0.25) is 0 Å². The maximum atomic E-state index is 6.04. The SMILES string of the molecule is CCc1c(Cl)ncnc1NCc1ccccc1Br. The summed E-state index contributed by atoms with van der Waals surface area (Å²) in [6.45, 7) is 2.73. The van der Waals surface area contributed by atoms with Crippen LogP contribution in [0.25, 0.3) is 0 Å². The first-order valence-electron chi connectivity index (χ1n) is 5.69. The Bertz CT molecular complexity index is 546. The van der Waals surface area contributed by atoms with Crippen LogP contribution in [0.2, 0.25) is 5.15 Å². The van der Waals surface area contributed by atoms with Gasteiger partial charge in [-0.2, -0.15) is 0 Å². The number of rotatable bonds is 4. The fraction of sp³-hybridized carbons (Fsp3) is 0.231. The van der Waals surface area contributed by atoms with Gasteiger partial charge in [0.25, 0.3) is 0 Å². The molecule has 5 heteroatoms. The first kappa shape index (κ1) is 13.3. The molecular formula is C13H13BrClN3. The number of nitrogens with zero attached hydrogens (tertiary/aromatic N) is 2. The van der Waals surface area contributed by atoms with Gasteiger partial charge in [0.15, 0.2) is 0 Å². The third-order valence-electron chi connectivity index (χ3n) is 2.65. The van der Waals surface area contributed by atoms with E-state index in [4.69, 9.17) is 11.6 Å². The predicted molar refractivity (Wildman–Crippen MR) is 77.9 cm³/mol. The molecule has 1 N–H and O–H groups in total. The van der Waals surface area contributed by atoms with E-state index in [0.29, 0.717) is 11.7 Å². The van der Waals surface area contributed by atoms with E-state index in [0.717, 1.165) is 22.3 Å². The first-order chi connectivity index (χ1) is 8.72. The van der Waals surface area contributed by atoms with Crippen molar-refractivity contribution in [3.63, 3.8) is 0 Å². The van der Waals surface area contributed by atoms with E-state index in [1.54, 1.807) is 0 Å². The summed E-state index contributed by atoms with van der Waals surface area (Å²) in [5, 5.41) is 3.81. The van der Waals surface area contributed by atoms with Gasteiger partial charge >= 0.3 is 0 Å². The summed E-state index contributed by atoms with van der Waals surface area (Å²) < 4.78 is 1.08. The smallest absolute Gasteiger partial charge is 0.137 e. The summed E-state index contributed by atoms with van der Waals surface area (Å²) in [4.78, 5) is 8.22. The minimum atomic E-state index is 0.516. The molecule has 0 unspecified atom stereocenters. The summed E-state index contributed by atoms with van der Waals surface area (Å²) in [6.07, 6.45) is 2.28. The van der Waals surface area contributed by atoms with Crippen LogP contribution in [0.4, 0.5) is 5.82 Å². The zero-order chi connectivity index (χ0) is 13.0. The third kappa shape index (κ3) is 3.00. The molecule has 94 valence electrons.